The summed E-state index contributed by atoms with van der Waals surface area (Å²) in [5.74, 6) is 0.659. The van der Waals surface area contributed by atoms with Crippen molar-refractivity contribution in [3.05, 3.63) is 70.9 Å². The Morgan fingerprint density at radius 2 is 1.81 bits per heavy atom. The highest BCUT2D eigenvalue weighted by Crippen LogP contribution is 2.34. The van der Waals surface area contributed by atoms with Gasteiger partial charge in [-0.25, -0.2) is 0 Å². The molecule has 0 unspecified atom stereocenters. The first-order valence-electron chi connectivity index (χ1n) is 9.52. The van der Waals surface area contributed by atoms with Crippen LogP contribution in [0.15, 0.2) is 54.7 Å². The fourth-order valence-corrected chi connectivity index (χ4v) is 3.64. The molecule has 142 valence electrons. The highest BCUT2D eigenvalue weighted by molar-refractivity contribution is 6.30. The SMILES string of the molecule is CC(C)CCNC(=O)C[C@@H](c1ccc(Cl)cc1)c1cn(C)c2ccccc12. The monoisotopic (exact) mass is 382 g/mol. The number of hydrogen-bond acceptors (Lipinski definition) is 1. The van der Waals surface area contributed by atoms with Crippen LogP contribution in [0.2, 0.25) is 5.02 Å². The van der Waals surface area contributed by atoms with Crippen LogP contribution in [0.3, 0.4) is 0 Å². The molecule has 2 aromatic carbocycles. The number of halogens is 1. The average Bonchev–Trinajstić information content (AvgIpc) is 2.97. The number of nitrogens with one attached hydrogen (secondary N) is 1. The van der Waals surface area contributed by atoms with E-state index in [2.05, 4.69) is 42.1 Å². The number of aryl methyl sites for hydroxylation is 1. The number of hydrogen-bond donors (Lipinski definition) is 1. The van der Waals surface area contributed by atoms with Crippen molar-refractivity contribution in [2.24, 2.45) is 13.0 Å². The number of rotatable bonds is 7. The molecular formula is C23H27ClN2O. The van der Waals surface area contributed by atoms with Gasteiger partial charge in [0.05, 0.1) is 0 Å². The van der Waals surface area contributed by atoms with Gasteiger partial charge >= 0.3 is 0 Å². The molecule has 3 aromatic rings. The van der Waals surface area contributed by atoms with E-state index >= 15 is 0 Å². The predicted molar refractivity (Wildman–Crippen MR) is 113 cm³/mol. The van der Waals surface area contributed by atoms with Gasteiger partial charge in [-0.05, 0) is 41.7 Å². The molecule has 3 rings (SSSR count). The van der Waals surface area contributed by atoms with Crippen molar-refractivity contribution in [2.45, 2.75) is 32.6 Å². The summed E-state index contributed by atoms with van der Waals surface area (Å²) in [7, 11) is 2.05. The van der Waals surface area contributed by atoms with E-state index in [0.717, 1.165) is 18.5 Å². The second kappa shape index (κ2) is 8.62. The van der Waals surface area contributed by atoms with E-state index in [1.54, 1.807) is 0 Å². The fourth-order valence-electron chi connectivity index (χ4n) is 3.51. The minimum atomic E-state index is -0.00702. The Kier molecular flexibility index (Phi) is 6.22. The Labute approximate surface area is 166 Å². The molecule has 0 fully saturated rings. The van der Waals surface area contributed by atoms with Crippen LogP contribution < -0.4 is 5.32 Å². The molecule has 0 aliphatic rings. The normalized spacial score (nSPS) is 12.5. The first-order chi connectivity index (χ1) is 13.0. The number of carbonyl (C=O) groups is 1. The lowest BCUT2D eigenvalue weighted by Crippen LogP contribution is -2.27. The Morgan fingerprint density at radius 3 is 2.52 bits per heavy atom. The van der Waals surface area contributed by atoms with Crippen molar-refractivity contribution in [1.82, 2.24) is 9.88 Å². The third-order valence-corrected chi connectivity index (χ3v) is 5.26. The van der Waals surface area contributed by atoms with Gasteiger partial charge in [0.25, 0.3) is 0 Å². The zero-order chi connectivity index (χ0) is 19.4. The second-order valence-corrected chi connectivity index (χ2v) is 7.99. The van der Waals surface area contributed by atoms with E-state index in [4.69, 9.17) is 11.6 Å². The van der Waals surface area contributed by atoms with Gasteiger partial charge in [0, 0.05) is 48.1 Å². The molecule has 3 nitrogen and oxygen atoms in total. The van der Waals surface area contributed by atoms with Crippen LogP contribution in [0.1, 0.15) is 43.7 Å². The topological polar surface area (TPSA) is 34.0 Å². The van der Waals surface area contributed by atoms with E-state index in [9.17, 15) is 4.79 Å². The molecule has 0 radical (unpaired) electrons. The molecule has 1 aromatic heterocycles. The molecule has 1 N–H and O–H groups in total. The van der Waals surface area contributed by atoms with E-state index < -0.39 is 0 Å². The van der Waals surface area contributed by atoms with E-state index in [0.29, 0.717) is 17.4 Å². The molecule has 0 spiro atoms. The summed E-state index contributed by atoms with van der Waals surface area (Å²) in [6.45, 7) is 5.05. The van der Waals surface area contributed by atoms with Crippen molar-refractivity contribution in [1.29, 1.82) is 0 Å². The third-order valence-electron chi connectivity index (χ3n) is 5.01. The summed E-state index contributed by atoms with van der Waals surface area (Å²) in [6.07, 6.45) is 3.56. The number of aromatic nitrogens is 1. The number of carbonyl (C=O) groups excluding carboxylic acids is 1. The summed E-state index contributed by atoms with van der Waals surface area (Å²) in [5.41, 5.74) is 3.45. The van der Waals surface area contributed by atoms with Gasteiger partial charge in [-0.3, -0.25) is 4.79 Å². The van der Waals surface area contributed by atoms with Crippen LogP contribution in [0.25, 0.3) is 10.9 Å². The Balaban J connectivity index is 1.92. The highest BCUT2D eigenvalue weighted by Gasteiger charge is 2.22. The summed E-state index contributed by atoms with van der Waals surface area (Å²) in [5, 5.41) is 4.97. The minimum Gasteiger partial charge on any atom is -0.356 e. The van der Waals surface area contributed by atoms with Crippen LogP contribution in [0.4, 0.5) is 0 Å². The summed E-state index contributed by atoms with van der Waals surface area (Å²) < 4.78 is 2.13. The number of nitrogens with zero attached hydrogens (tertiary/aromatic N) is 1. The molecular weight excluding hydrogens is 356 g/mol. The van der Waals surface area contributed by atoms with Gasteiger partial charge in [-0.1, -0.05) is 55.8 Å². The molecule has 1 atom stereocenters. The van der Waals surface area contributed by atoms with Crippen LogP contribution in [-0.4, -0.2) is 17.0 Å². The van der Waals surface area contributed by atoms with E-state index in [1.807, 2.05) is 43.4 Å². The highest BCUT2D eigenvalue weighted by atomic mass is 35.5. The summed E-state index contributed by atoms with van der Waals surface area (Å²) in [4.78, 5) is 12.6. The van der Waals surface area contributed by atoms with E-state index in [1.165, 1.54) is 16.5 Å². The van der Waals surface area contributed by atoms with Crippen LogP contribution in [-0.2, 0) is 11.8 Å². The standard InChI is InChI=1S/C23H27ClN2O/c1-16(2)12-13-25-23(27)14-20(17-8-10-18(24)11-9-17)21-15-26(3)22-7-5-4-6-19(21)22/h4-11,15-16,20H,12-14H2,1-3H3,(H,25,27)/t20-/m0/s1. The molecule has 0 bridgehead atoms. The Hall–Kier alpha value is -2.26. The zero-order valence-electron chi connectivity index (χ0n) is 16.2. The van der Waals surface area contributed by atoms with E-state index in [-0.39, 0.29) is 11.8 Å². The third kappa shape index (κ3) is 4.72. The molecule has 4 heteroatoms. The van der Waals surface area contributed by atoms with Gasteiger partial charge in [-0.15, -0.1) is 0 Å². The van der Waals surface area contributed by atoms with Gasteiger partial charge in [0.1, 0.15) is 0 Å². The molecule has 27 heavy (non-hydrogen) atoms. The quantitative estimate of drug-likeness (QED) is 0.573. The molecule has 0 saturated carbocycles. The van der Waals surface area contributed by atoms with Crippen LogP contribution in [0.5, 0.6) is 0 Å². The number of benzene rings is 2. The van der Waals surface area contributed by atoms with Crippen LogP contribution in [0, 0.1) is 5.92 Å². The minimum absolute atomic E-state index is 0.00702. The van der Waals surface area contributed by atoms with Crippen molar-refractivity contribution >= 4 is 28.4 Å². The maximum Gasteiger partial charge on any atom is 0.220 e. The van der Waals surface area contributed by atoms with Crippen molar-refractivity contribution in [3.63, 3.8) is 0 Å². The smallest absolute Gasteiger partial charge is 0.220 e. The van der Waals surface area contributed by atoms with Gasteiger partial charge in [-0.2, -0.15) is 0 Å². The number of amides is 1. The molecule has 0 aliphatic heterocycles. The van der Waals surface area contributed by atoms with Gasteiger partial charge in [0.15, 0.2) is 0 Å². The summed E-state index contributed by atoms with van der Waals surface area (Å²) >= 11 is 6.08. The molecule has 1 heterocycles. The molecule has 0 aliphatic carbocycles. The average molecular weight is 383 g/mol. The Morgan fingerprint density at radius 1 is 1.11 bits per heavy atom. The lowest BCUT2D eigenvalue weighted by Gasteiger charge is -2.18. The maximum absolute atomic E-state index is 12.6. The van der Waals surface area contributed by atoms with Gasteiger partial charge in [0.2, 0.25) is 5.91 Å². The number of para-hydroxylation sites is 1. The molecule has 1 amide bonds. The first-order valence-corrected chi connectivity index (χ1v) is 9.89. The number of fused-ring (bicyclic) bond motifs is 1. The largest absolute Gasteiger partial charge is 0.356 e. The summed E-state index contributed by atoms with van der Waals surface area (Å²) in [6, 6.07) is 16.2. The fraction of sp³-hybridized carbons (Fsp3) is 0.348. The second-order valence-electron chi connectivity index (χ2n) is 7.55. The zero-order valence-corrected chi connectivity index (χ0v) is 17.0. The van der Waals surface area contributed by atoms with Crippen molar-refractivity contribution in [2.75, 3.05) is 6.54 Å². The van der Waals surface area contributed by atoms with Crippen molar-refractivity contribution < 1.29 is 4.79 Å². The van der Waals surface area contributed by atoms with Crippen LogP contribution >= 0.6 is 11.6 Å². The Bertz CT molecular complexity index is 912. The maximum atomic E-state index is 12.6. The van der Waals surface area contributed by atoms with Crippen molar-refractivity contribution in [3.8, 4) is 0 Å². The molecule has 0 saturated heterocycles. The lowest BCUT2D eigenvalue weighted by molar-refractivity contribution is -0.121. The first kappa shape index (κ1) is 19.5. The lowest BCUT2D eigenvalue weighted by atomic mass is 9.88. The van der Waals surface area contributed by atoms with Gasteiger partial charge < -0.3 is 9.88 Å². The predicted octanol–water partition coefficient (Wildman–Crippen LogP) is 5.52.